The number of piperidine rings is 1. The number of halogens is 2. The van der Waals surface area contributed by atoms with Crippen molar-refractivity contribution in [2.75, 3.05) is 19.6 Å². The molecule has 2 aliphatic rings. The number of thiazole rings is 1. The number of nitrogens with zero attached hydrogens (tertiary/aromatic N) is 2. The van der Waals surface area contributed by atoms with Crippen molar-refractivity contribution in [2.45, 2.75) is 51.6 Å². The topological polar surface area (TPSA) is 71.2 Å². The first-order valence-corrected chi connectivity index (χ1v) is 9.67. The Bertz CT molecular complexity index is 534. The summed E-state index contributed by atoms with van der Waals surface area (Å²) in [7, 11) is 0. The van der Waals surface area contributed by atoms with Gasteiger partial charge in [-0.2, -0.15) is 0 Å². The molecule has 2 atom stereocenters. The van der Waals surface area contributed by atoms with Gasteiger partial charge in [0.1, 0.15) is 0 Å². The molecule has 0 aromatic carbocycles. The Morgan fingerprint density at radius 1 is 1.32 bits per heavy atom. The van der Waals surface area contributed by atoms with Crippen LogP contribution in [-0.4, -0.2) is 41.5 Å². The molecule has 3 rings (SSSR count). The molecular weight excluding hydrogens is 379 g/mol. The lowest BCUT2D eigenvalue weighted by molar-refractivity contribution is -0.127. The van der Waals surface area contributed by atoms with Crippen molar-refractivity contribution in [1.82, 2.24) is 15.2 Å². The molecular formula is C17H30Cl2N4OS. The SMILES string of the molecule is Cc1nc(CN2CCC(C(=O)NC3CCCC3CN)CC2)cs1.Cl.Cl. The molecule has 1 aliphatic heterocycles. The Morgan fingerprint density at radius 3 is 2.64 bits per heavy atom. The summed E-state index contributed by atoms with van der Waals surface area (Å²) in [6, 6.07) is 0.309. The van der Waals surface area contributed by atoms with E-state index in [0.29, 0.717) is 18.5 Å². The predicted molar refractivity (Wildman–Crippen MR) is 108 cm³/mol. The van der Waals surface area contributed by atoms with Crippen LogP contribution in [0.4, 0.5) is 0 Å². The van der Waals surface area contributed by atoms with E-state index in [4.69, 9.17) is 5.73 Å². The molecule has 2 unspecified atom stereocenters. The fourth-order valence-corrected chi connectivity index (χ4v) is 4.48. The summed E-state index contributed by atoms with van der Waals surface area (Å²) in [5.41, 5.74) is 6.97. The van der Waals surface area contributed by atoms with Gasteiger partial charge in [-0.25, -0.2) is 4.98 Å². The Labute approximate surface area is 167 Å². The third-order valence-electron chi connectivity index (χ3n) is 5.30. The minimum atomic E-state index is 0. The van der Waals surface area contributed by atoms with Crippen LogP contribution in [0.3, 0.4) is 0 Å². The van der Waals surface area contributed by atoms with Crippen molar-refractivity contribution >= 4 is 42.1 Å². The second kappa shape index (κ2) is 10.7. The first-order valence-electron chi connectivity index (χ1n) is 8.79. The van der Waals surface area contributed by atoms with Gasteiger partial charge in [0.25, 0.3) is 0 Å². The summed E-state index contributed by atoms with van der Waals surface area (Å²) in [5, 5.41) is 6.53. The molecule has 0 spiro atoms. The number of carbonyl (C=O) groups is 1. The van der Waals surface area contributed by atoms with Gasteiger partial charge in [0.15, 0.2) is 0 Å². The number of carbonyl (C=O) groups excluding carboxylic acids is 1. The van der Waals surface area contributed by atoms with E-state index in [1.807, 2.05) is 6.92 Å². The quantitative estimate of drug-likeness (QED) is 0.785. The lowest BCUT2D eigenvalue weighted by Crippen LogP contribution is -2.45. The van der Waals surface area contributed by atoms with Gasteiger partial charge in [0.05, 0.1) is 10.7 Å². The number of aromatic nitrogens is 1. The summed E-state index contributed by atoms with van der Waals surface area (Å²) in [5.74, 6) is 0.897. The maximum Gasteiger partial charge on any atom is 0.223 e. The molecule has 1 aromatic heterocycles. The maximum absolute atomic E-state index is 12.5. The molecule has 0 bridgehead atoms. The molecule has 0 radical (unpaired) electrons. The molecule has 1 aliphatic carbocycles. The number of hydrogen-bond acceptors (Lipinski definition) is 5. The van der Waals surface area contributed by atoms with E-state index in [-0.39, 0.29) is 36.6 Å². The first kappa shape index (κ1) is 22.6. The molecule has 25 heavy (non-hydrogen) atoms. The lowest BCUT2D eigenvalue weighted by atomic mass is 9.94. The number of amides is 1. The van der Waals surface area contributed by atoms with Crippen LogP contribution >= 0.6 is 36.2 Å². The first-order chi connectivity index (χ1) is 11.2. The highest BCUT2D eigenvalue weighted by atomic mass is 35.5. The molecule has 8 heteroatoms. The zero-order chi connectivity index (χ0) is 16.2. The van der Waals surface area contributed by atoms with Gasteiger partial charge in [-0.15, -0.1) is 36.2 Å². The van der Waals surface area contributed by atoms with E-state index in [1.165, 1.54) is 6.42 Å². The van der Waals surface area contributed by atoms with Crippen molar-refractivity contribution in [1.29, 1.82) is 0 Å². The predicted octanol–water partition coefficient (Wildman–Crippen LogP) is 2.75. The zero-order valence-electron chi connectivity index (χ0n) is 14.8. The van der Waals surface area contributed by atoms with Gasteiger partial charge in [0.2, 0.25) is 5.91 Å². The van der Waals surface area contributed by atoms with Crippen molar-refractivity contribution < 1.29 is 4.79 Å². The molecule has 1 saturated heterocycles. The van der Waals surface area contributed by atoms with Crippen LogP contribution in [0.5, 0.6) is 0 Å². The van der Waals surface area contributed by atoms with Crippen molar-refractivity contribution in [3.05, 3.63) is 16.1 Å². The van der Waals surface area contributed by atoms with Crippen LogP contribution in [0.2, 0.25) is 0 Å². The normalized spacial score (nSPS) is 24.4. The molecule has 2 fully saturated rings. The number of hydrogen-bond donors (Lipinski definition) is 2. The summed E-state index contributed by atoms with van der Waals surface area (Å²) < 4.78 is 0. The maximum atomic E-state index is 12.5. The van der Waals surface area contributed by atoms with Gasteiger partial charge in [-0.1, -0.05) is 6.42 Å². The summed E-state index contributed by atoms with van der Waals surface area (Å²) in [6.07, 6.45) is 5.35. The summed E-state index contributed by atoms with van der Waals surface area (Å²) in [4.78, 5) is 19.4. The van der Waals surface area contributed by atoms with Crippen LogP contribution in [0.1, 0.15) is 42.8 Å². The van der Waals surface area contributed by atoms with Gasteiger partial charge in [-0.05, 0) is 58.2 Å². The average Bonchev–Trinajstić information content (AvgIpc) is 3.16. The zero-order valence-corrected chi connectivity index (χ0v) is 17.2. The van der Waals surface area contributed by atoms with Crippen LogP contribution in [0.15, 0.2) is 5.38 Å². The molecule has 1 amide bonds. The van der Waals surface area contributed by atoms with E-state index >= 15 is 0 Å². The fraction of sp³-hybridized carbons (Fsp3) is 0.765. The van der Waals surface area contributed by atoms with Crippen molar-refractivity contribution in [3.63, 3.8) is 0 Å². The standard InChI is InChI=1S/C17H28N4OS.2ClH/c1-12-19-15(11-23-12)10-21-7-5-13(6-8-21)17(22)20-16-4-2-3-14(16)9-18;;/h11,13-14,16H,2-10,18H2,1H3,(H,20,22);2*1H. The third kappa shape index (κ3) is 6.07. The number of aryl methyl sites for hydroxylation is 1. The Kier molecular flexibility index (Phi) is 9.67. The Balaban J connectivity index is 0.00000156. The number of rotatable bonds is 5. The van der Waals surface area contributed by atoms with E-state index in [0.717, 1.165) is 56.0 Å². The molecule has 1 aromatic rings. The van der Waals surface area contributed by atoms with Gasteiger partial charge >= 0.3 is 0 Å². The van der Waals surface area contributed by atoms with Crippen LogP contribution < -0.4 is 11.1 Å². The summed E-state index contributed by atoms with van der Waals surface area (Å²) in [6.45, 7) is 5.62. The highest BCUT2D eigenvalue weighted by Crippen LogP contribution is 2.26. The van der Waals surface area contributed by atoms with Crippen molar-refractivity contribution in [3.8, 4) is 0 Å². The molecule has 3 N–H and O–H groups in total. The lowest BCUT2D eigenvalue weighted by Gasteiger charge is -2.32. The monoisotopic (exact) mass is 408 g/mol. The van der Waals surface area contributed by atoms with Crippen LogP contribution in [0, 0.1) is 18.8 Å². The van der Waals surface area contributed by atoms with Gasteiger partial charge < -0.3 is 11.1 Å². The largest absolute Gasteiger partial charge is 0.353 e. The second-order valence-electron chi connectivity index (χ2n) is 6.95. The van der Waals surface area contributed by atoms with Crippen molar-refractivity contribution in [2.24, 2.45) is 17.6 Å². The highest BCUT2D eigenvalue weighted by Gasteiger charge is 2.31. The number of nitrogens with two attached hydrogens (primary N) is 1. The van der Waals surface area contributed by atoms with E-state index in [1.54, 1.807) is 11.3 Å². The van der Waals surface area contributed by atoms with Gasteiger partial charge in [-0.3, -0.25) is 9.69 Å². The molecule has 1 saturated carbocycles. The van der Waals surface area contributed by atoms with Crippen LogP contribution in [-0.2, 0) is 11.3 Å². The average molecular weight is 409 g/mol. The Hall–Kier alpha value is -0.400. The van der Waals surface area contributed by atoms with Crippen LogP contribution in [0.25, 0.3) is 0 Å². The van der Waals surface area contributed by atoms with E-state index in [2.05, 4.69) is 20.6 Å². The third-order valence-corrected chi connectivity index (χ3v) is 6.12. The minimum Gasteiger partial charge on any atom is -0.353 e. The fourth-order valence-electron chi connectivity index (χ4n) is 3.87. The molecule has 144 valence electrons. The molecule has 5 nitrogen and oxygen atoms in total. The van der Waals surface area contributed by atoms with Gasteiger partial charge in [0, 0.05) is 23.9 Å². The minimum absolute atomic E-state index is 0. The second-order valence-corrected chi connectivity index (χ2v) is 8.01. The van der Waals surface area contributed by atoms with E-state index < -0.39 is 0 Å². The number of nitrogens with one attached hydrogen (secondary N) is 1. The molecule has 2 heterocycles. The Morgan fingerprint density at radius 2 is 2.04 bits per heavy atom. The number of likely N-dealkylation sites (tertiary alicyclic amines) is 1. The highest BCUT2D eigenvalue weighted by molar-refractivity contribution is 7.09. The van der Waals surface area contributed by atoms with E-state index in [9.17, 15) is 4.79 Å². The smallest absolute Gasteiger partial charge is 0.223 e. The summed E-state index contributed by atoms with van der Waals surface area (Å²) >= 11 is 1.71.